The fraction of sp³-hybridized carbons (Fsp3) is 0.200. The van der Waals surface area contributed by atoms with E-state index in [9.17, 15) is 0 Å². The molecule has 0 radical (unpaired) electrons. The van der Waals surface area contributed by atoms with Crippen LogP contribution in [0.4, 0.5) is 0 Å². The van der Waals surface area contributed by atoms with Crippen LogP contribution in [0.15, 0.2) is 25.3 Å². The van der Waals surface area contributed by atoms with Crippen LogP contribution >= 0.6 is 0 Å². The average Bonchev–Trinajstić information content (AvgIpc) is 2.39. The monoisotopic (exact) mass is 172 g/mol. The molecule has 0 unspecified atom stereocenters. The lowest BCUT2D eigenvalue weighted by atomic mass is 10.6. The highest BCUT2D eigenvalue weighted by atomic mass is 16.9. The largest absolute Gasteiger partial charge is 0.328 e. The van der Waals surface area contributed by atoms with E-state index in [0.29, 0.717) is 0 Å². The van der Waals surface area contributed by atoms with Crippen LogP contribution in [0.3, 0.4) is 0 Å². The van der Waals surface area contributed by atoms with Gasteiger partial charge < -0.3 is 5.21 Å². The molecule has 0 spiro atoms. The lowest BCUT2D eigenvalue weighted by molar-refractivity contribution is -0.742. The zero-order valence-electron chi connectivity index (χ0n) is 6.20. The maximum atomic E-state index is 8.36. The second-order valence-electron chi connectivity index (χ2n) is 1.64. The lowest BCUT2D eigenvalue weighted by Gasteiger charge is -1.87. The van der Waals surface area contributed by atoms with Crippen molar-refractivity contribution in [3.8, 4) is 0 Å². The molecule has 0 saturated heterocycles. The van der Waals surface area contributed by atoms with Gasteiger partial charge in [-0.05, 0) is 0 Å². The quantitative estimate of drug-likeness (QED) is 0.388. The number of rotatable bonds is 2. The molecule has 7 nitrogen and oxygen atoms in total. The van der Waals surface area contributed by atoms with Crippen LogP contribution < -0.4 is 0 Å². The Balaban J connectivity index is 0.000000261. The van der Waals surface area contributed by atoms with Gasteiger partial charge in [-0.3, -0.25) is 0 Å². The predicted octanol–water partition coefficient (Wildman–Crippen LogP) is 0.116. The molecule has 66 valence electrons. The molecule has 0 saturated carbocycles. The first-order chi connectivity index (χ1) is 5.66. The van der Waals surface area contributed by atoms with E-state index in [1.807, 2.05) is 0 Å². The first-order valence-electron chi connectivity index (χ1n) is 2.93. The van der Waals surface area contributed by atoms with Gasteiger partial charge >= 0.3 is 0 Å². The second-order valence-corrected chi connectivity index (χ2v) is 1.64. The molecule has 0 aliphatic heterocycles. The van der Waals surface area contributed by atoms with Gasteiger partial charge in [0.1, 0.15) is 12.7 Å². The van der Waals surface area contributed by atoms with Crippen molar-refractivity contribution >= 4 is 0 Å². The average molecular weight is 172 g/mol. The van der Waals surface area contributed by atoms with Crippen LogP contribution in [-0.2, 0) is 6.54 Å². The summed E-state index contributed by atoms with van der Waals surface area (Å²) in [5, 5.41) is 17.5. The molecular formula is C5H8N4O3. The van der Waals surface area contributed by atoms with Crippen LogP contribution in [0.1, 0.15) is 0 Å². The Morgan fingerprint density at radius 1 is 1.83 bits per heavy atom. The molecule has 0 amide bonds. The Kier molecular flexibility index (Phi) is 4.90. The maximum absolute atomic E-state index is 8.36. The summed E-state index contributed by atoms with van der Waals surface area (Å²) in [6.07, 6.45) is 4.93. The zero-order chi connectivity index (χ0) is 9.40. The minimum atomic E-state index is -1.50. The summed E-state index contributed by atoms with van der Waals surface area (Å²) in [6.45, 7) is 4.28. The Labute approximate surface area is 68.1 Å². The van der Waals surface area contributed by atoms with Crippen molar-refractivity contribution < 1.29 is 10.3 Å². The zero-order valence-corrected chi connectivity index (χ0v) is 6.20. The first-order valence-corrected chi connectivity index (χ1v) is 2.93. The molecule has 1 aromatic heterocycles. The third-order valence-corrected chi connectivity index (χ3v) is 0.783. The Bertz CT molecular complexity index is 229. The SMILES string of the molecule is C=CCn1cncn1.O=[N+]([O-])O. The van der Waals surface area contributed by atoms with Gasteiger partial charge in [0.15, 0.2) is 0 Å². The highest BCUT2D eigenvalue weighted by molar-refractivity contribution is 4.68. The molecule has 0 atom stereocenters. The second kappa shape index (κ2) is 5.83. The molecule has 1 aromatic rings. The molecule has 1 heterocycles. The van der Waals surface area contributed by atoms with E-state index >= 15 is 0 Å². The summed E-state index contributed by atoms with van der Waals surface area (Å²) in [4.78, 5) is 12.1. The van der Waals surface area contributed by atoms with Crippen molar-refractivity contribution in [1.82, 2.24) is 14.8 Å². The van der Waals surface area contributed by atoms with E-state index in [-0.39, 0.29) is 0 Å². The summed E-state index contributed by atoms with van der Waals surface area (Å²) >= 11 is 0. The summed E-state index contributed by atoms with van der Waals surface area (Å²) in [6, 6.07) is 0. The molecule has 0 bridgehead atoms. The van der Waals surface area contributed by atoms with Gasteiger partial charge in [0.2, 0.25) is 0 Å². The molecule has 1 rings (SSSR count). The summed E-state index contributed by atoms with van der Waals surface area (Å²) in [7, 11) is 0. The number of hydrogen-bond donors (Lipinski definition) is 1. The molecule has 0 aliphatic carbocycles. The lowest BCUT2D eigenvalue weighted by Crippen LogP contribution is -1.93. The van der Waals surface area contributed by atoms with Crippen molar-refractivity contribution in [3.05, 3.63) is 35.4 Å². The van der Waals surface area contributed by atoms with Crippen molar-refractivity contribution in [3.63, 3.8) is 0 Å². The van der Waals surface area contributed by atoms with Crippen molar-refractivity contribution in [2.24, 2.45) is 0 Å². The van der Waals surface area contributed by atoms with Crippen LogP contribution in [0, 0.1) is 10.1 Å². The normalized spacial score (nSPS) is 8.00. The molecule has 0 fully saturated rings. The van der Waals surface area contributed by atoms with Gasteiger partial charge in [-0.2, -0.15) is 5.10 Å². The molecule has 12 heavy (non-hydrogen) atoms. The Morgan fingerprint density at radius 2 is 2.42 bits per heavy atom. The third kappa shape index (κ3) is 6.20. The number of allylic oxidation sites excluding steroid dienone is 1. The summed E-state index contributed by atoms with van der Waals surface area (Å²) in [5.74, 6) is 0. The van der Waals surface area contributed by atoms with Crippen LogP contribution in [0.2, 0.25) is 0 Å². The summed E-state index contributed by atoms with van der Waals surface area (Å²) in [5.41, 5.74) is 0. The van der Waals surface area contributed by atoms with Gasteiger partial charge in [-0.1, -0.05) is 6.08 Å². The van der Waals surface area contributed by atoms with Crippen LogP contribution in [-0.4, -0.2) is 25.1 Å². The van der Waals surface area contributed by atoms with Gasteiger partial charge in [-0.15, -0.1) is 16.7 Å². The molecule has 1 N–H and O–H groups in total. The van der Waals surface area contributed by atoms with E-state index in [4.69, 9.17) is 15.3 Å². The van der Waals surface area contributed by atoms with E-state index in [0.717, 1.165) is 6.54 Å². The van der Waals surface area contributed by atoms with E-state index in [2.05, 4.69) is 16.7 Å². The predicted molar refractivity (Wildman–Crippen MR) is 39.0 cm³/mol. The van der Waals surface area contributed by atoms with E-state index in [1.165, 1.54) is 6.33 Å². The van der Waals surface area contributed by atoms with Gasteiger partial charge in [-0.25, -0.2) is 9.67 Å². The molecule has 7 heteroatoms. The van der Waals surface area contributed by atoms with Crippen molar-refractivity contribution in [2.45, 2.75) is 6.54 Å². The summed E-state index contributed by atoms with van der Waals surface area (Å²) < 4.78 is 1.70. The topological polar surface area (TPSA) is 94.1 Å². The smallest absolute Gasteiger partial charge is 0.291 e. The van der Waals surface area contributed by atoms with Crippen LogP contribution in [0.25, 0.3) is 0 Å². The maximum Gasteiger partial charge on any atom is 0.291 e. The number of hydrogen-bond acceptors (Lipinski definition) is 4. The van der Waals surface area contributed by atoms with Gasteiger partial charge in [0, 0.05) is 0 Å². The van der Waals surface area contributed by atoms with Crippen LogP contribution in [0.5, 0.6) is 0 Å². The van der Waals surface area contributed by atoms with Gasteiger partial charge in [0.05, 0.1) is 6.54 Å². The number of aromatic nitrogens is 3. The highest BCUT2D eigenvalue weighted by Gasteiger charge is 1.80. The fourth-order valence-corrected chi connectivity index (χ4v) is 0.459. The molecule has 0 aliphatic rings. The van der Waals surface area contributed by atoms with E-state index < -0.39 is 5.09 Å². The standard InChI is InChI=1S/C5H7N3.HNO3/c1-2-3-8-5-6-4-7-8;2-1(3)4/h2,4-5H,1,3H2;(H,2,3,4). The van der Waals surface area contributed by atoms with E-state index in [1.54, 1.807) is 17.1 Å². The number of nitrogens with zero attached hydrogens (tertiary/aromatic N) is 4. The molecule has 0 aromatic carbocycles. The minimum Gasteiger partial charge on any atom is -0.328 e. The first kappa shape index (κ1) is 10.1. The third-order valence-electron chi connectivity index (χ3n) is 0.783. The highest BCUT2D eigenvalue weighted by Crippen LogP contribution is 1.77. The Hall–Kier alpha value is -1.92. The van der Waals surface area contributed by atoms with Crippen molar-refractivity contribution in [1.29, 1.82) is 0 Å². The minimum absolute atomic E-state index is 0.736. The van der Waals surface area contributed by atoms with Gasteiger partial charge in [0.25, 0.3) is 5.09 Å². The molecular weight excluding hydrogens is 164 g/mol. The fourth-order valence-electron chi connectivity index (χ4n) is 0.459. The Morgan fingerprint density at radius 3 is 2.75 bits per heavy atom. The van der Waals surface area contributed by atoms with Crippen molar-refractivity contribution in [2.75, 3.05) is 0 Å².